The van der Waals surface area contributed by atoms with Crippen LogP contribution in [0.4, 0.5) is 11.5 Å². The molecule has 8 heteroatoms. The maximum absolute atomic E-state index is 12.2. The van der Waals surface area contributed by atoms with Crippen molar-refractivity contribution in [3.8, 4) is 11.1 Å². The van der Waals surface area contributed by atoms with E-state index < -0.39 is 0 Å². The predicted octanol–water partition coefficient (Wildman–Crippen LogP) is 4.89. The summed E-state index contributed by atoms with van der Waals surface area (Å²) in [4.78, 5) is 21.8. The molecule has 4 aliphatic rings. The lowest BCUT2D eigenvalue weighted by atomic mass is 9.96. The van der Waals surface area contributed by atoms with Crippen LogP contribution < -0.4 is 4.90 Å². The molecular weight excluding hydrogens is 476 g/mol. The van der Waals surface area contributed by atoms with Gasteiger partial charge in [0.05, 0.1) is 18.4 Å². The van der Waals surface area contributed by atoms with Crippen LogP contribution in [0.1, 0.15) is 68.4 Å². The first-order valence-corrected chi connectivity index (χ1v) is 14.5. The summed E-state index contributed by atoms with van der Waals surface area (Å²) in [7, 11) is 0. The summed E-state index contributed by atoms with van der Waals surface area (Å²) in [6, 6.07) is 6.87. The fourth-order valence-corrected chi connectivity index (χ4v) is 6.50. The molecule has 0 unspecified atom stereocenters. The van der Waals surface area contributed by atoms with E-state index in [1.807, 2.05) is 11.1 Å². The lowest BCUT2D eigenvalue weighted by Gasteiger charge is -2.33. The van der Waals surface area contributed by atoms with Gasteiger partial charge in [-0.1, -0.05) is 6.07 Å². The number of imidazole rings is 1. The van der Waals surface area contributed by atoms with Gasteiger partial charge in [-0.25, -0.2) is 4.98 Å². The minimum absolute atomic E-state index is 0.147. The number of carbonyl (C=O) groups is 1. The van der Waals surface area contributed by atoms with Gasteiger partial charge in [-0.3, -0.25) is 9.48 Å². The molecule has 0 spiro atoms. The van der Waals surface area contributed by atoms with Crippen molar-refractivity contribution in [3.63, 3.8) is 0 Å². The van der Waals surface area contributed by atoms with Crippen LogP contribution in [0, 0.1) is 5.92 Å². The molecule has 1 saturated heterocycles. The van der Waals surface area contributed by atoms with Crippen molar-refractivity contribution in [1.29, 1.82) is 0 Å². The molecule has 3 aromatic rings. The van der Waals surface area contributed by atoms with Crippen LogP contribution in [0.5, 0.6) is 0 Å². The van der Waals surface area contributed by atoms with E-state index in [1.54, 1.807) is 6.92 Å². The molecule has 200 valence electrons. The van der Waals surface area contributed by atoms with Crippen LogP contribution in [0.2, 0.25) is 0 Å². The van der Waals surface area contributed by atoms with E-state index in [0.29, 0.717) is 12.5 Å². The van der Waals surface area contributed by atoms with E-state index in [2.05, 4.69) is 43.6 Å². The van der Waals surface area contributed by atoms with Crippen LogP contribution in [-0.2, 0) is 35.6 Å². The van der Waals surface area contributed by atoms with Crippen LogP contribution in [0.15, 0.2) is 30.6 Å². The summed E-state index contributed by atoms with van der Waals surface area (Å²) in [5, 5.41) is 4.68. The largest absolute Gasteiger partial charge is 0.381 e. The Labute approximate surface area is 224 Å². The molecule has 1 saturated carbocycles. The van der Waals surface area contributed by atoms with Gasteiger partial charge in [-0.2, -0.15) is 5.10 Å². The number of nitrogens with zero attached hydrogens (tertiary/aromatic N) is 6. The highest BCUT2D eigenvalue weighted by Crippen LogP contribution is 2.44. The van der Waals surface area contributed by atoms with E-state index >= 15 is 0 Å². The third-order valence-corrected chi connectivity index (χ3v) is 8.93. The fraction of sp³-hybridized carbons (Fsp3) is 0.567. The summed E-state index contributed by atoms with van der Waals surface area (Å²) in [6.45, 7) is 7.70. The molecule has 7 rings (SSSR count). The fourth-order valence-electron chi connectivity index (χ4n) is 6.50. The molecule has 0 N–H and O–H groups in total. The van der Waals surface area contributed by atoms with Crippen molar-refractivity contribution in [2.75, 3.05) is 31.2 Å². The molecule has 1 amide bonds. The zero-order valence-electron chi connectivity index (χ0n) is 22.4. The van der Waals surface area contributed by atoms with Gasteiger partial charge in [0, 0.05) is 69.7 Å². The minimum Gasteiger partial charge on any atom is -0.381 e. The van der Waals surface area contributed by atoms with Gasteiger partial charge in [0.2, 0.25) is 5.91 Å². The molecule has 0 atom stereocenters. The van der Waals surface area contributed by atoms with Gasteiger partial charge < -0.3 is 19.1 Å². The van der Waals surface area contributed by atoms with Crippen molar-refractivity contribution in [2.24, 2.45) is 5.92 Å². The third-order valence-electron chi connectivity index (χ3n) is 8.93. The first kappa shape index (κ1) is 23.9. The van der Waals surface area contributed by atoms with Gasteiger partial charge in [-0.05, 0) is 74.1 Å². The number of hydrogen-bond acceptors (Lipinski definition) is 5. The zero-order chi connectivity index (χ0) is 25.6. The number of hydrogen-bond donors (Lipinski definition) is 0. The highest BCUT2D eigenvalue weighted by molar-refractivity contribution is 5.75. The number of anilines is 2. The Bertz CT molecular complexity index is 1330. The second kappa shape index (κ2) is 9.88. The number of ether oxygens (including phenoxy) is 1. The van der Waals surface area contributed by atoms with Crippen molar-refractivity contribution in [3.05, 3.63) is 47.7 Å². The Hall–Kier alpha value is -3.13. The number of rotatable bonds is 6. The second-order valence-corrected chi connectivity index (χ2v) is 11.5. The smallest absolute Gasteiger partial charge is 0.219 e. The number of amides is 1. The number of fused-ring (bicyclic) bond motifs is 2. The van der Waals surface area contributed by atoms with Crippen molar-refractivity contribution in [2.45, 2.75) is 77.4 Å². The summed E-state index contributed by atoms with van der Waals surface area (Å²) in [5.74, 6) is 3.78. The molecule has 1 aliphatic carbocycles. The Morgan fingerprint density at radius 1 is 1.08 bits per heavy atom. The zero-order valence-corrected chi connectivity index (χ0v) is 22.4. The van der Waals surface area contributed by atoms with Gasteiger partial charge in [-0.15, -0.1) is 0 Å². The number of benzene rings is 1. The van der Waals surface area contributed by atoms with E-state index in [1.165, 1.54) is 66.0 Å². The quantitative estimate of drug-likeness (QED) is 0.469. The van der Waals surface area contributed by atoms with E-state index in [4.69, 9.17) is 9.72 Å². The average molecular weight is 515 g/mol. The highest BCUT2D eigenvalue weighted by Gasteiger charge is 2.36. The first-order chi connectivity index (χ1) is 18.6. The molecule has 5 heterocycles. The van der Waals surface area contributed by atoms with Crippen molar-refractivity contribution < 1.29 is 9.53 Å². The number of aryl methyl sites for hydroxylation is 2. The molecule has 0 bridgehead atoms. The maximum atomic E-state index is 12.2. The normalized spacial score (nSPS) is 19.9. The van der Waals surface area contributed by atoms with Gasteiger partial charge >= 0.3 is 0 Å². The maximum Gasteiger partial charge on any atom is 0.219 e. The minimum atomic E-state index is 0.147. The van der Waals surface area contributed by atoms with Gasteiger partial charge in [0.15, 0.2) is 5.82 Å². The van der Waals surface area contributed by atoms with E-state index in [-0.39, 0.29) is 5.91 Å². The Balaban J connectivity index is 1.14. The van der Waals surface area contributed by atoms with Crippen molar-refractivity contribution >= 4 is 17.4 Å². The monoisotopic (exact) mass is 514 g/mol. The molecule has 0 radical (unpaired) electrons. The summed E-state index contributed by atoms with van der Waals surface area (Å²) in [5.41, 5.74) is 6.25. The van der Waals surface area contributed by atoms with Crippen LogP contribution in [0.3, 0.4) is 0 Å². The van der Waals surface area contributed by atoms with E-state index in [0.717, 1.165) is 64.0 Å². The molecule has 38 heavy (non-hydrogen) atoms. The highest BCUT2D eigenvalue weighted by atomic mass is 16.5. The number of carbonyl (C=O) groups excluding carboxylic acids is 1. The van der Waals surface area contributed by atoms with Gasteiger partial charge in [0.1, 0.15) is 5.82 Å². The summed E-state index contributed by atoms with van der Waals surface area (Å²) in [6.07, 6.45) is 12.4. The average Bonchev–Trinajstić information content (AvgIpc) is 3.56. The molecule has 8 nitrogen and oxygen atoms in total. The summed E-state index contributed by atoms with van der Waals surface area (Å²) >= 11 is 0. The molecule has 2 aromatic heterocycles. The van der Waals surface area contributed by atoms with Crippen LogP contribution >= 0.6 is 0 Å². The second-order valence-electron chi connectivity index (χ2n) is 11.5. The van der Waals surface area contributed by atoms with Gasteiger partial charge in [0.25, 0.3) is 0 Å². The van der Waals surface area contributed by atoms with E-state index in [9.17, 15) is 4.79 Å². The molecule has 3 aliphatic heterocycles. The lowest BCUT2D eigenvalue weighted by molar-refractivity contribution is -0.130. The SMILES string of the molecule is CC(=O)N1CCn2c(C3CC3)nc(N3CCCc4cc(-c5cnn(CCC6CCOCC6)c5)ccc43)c2C1. The lowest BCUT2D eigenvalue weighted by Crippen LogP contribution is -2.38. The standard InChI is InChI=1S/C30H38N6O2/c1-21(37)33-13-14-36-28(20-33)30(32-29(36)23-4-5-23)35-11-2-3-25-17-24(6-7-27(25)35)26-18-31-34(19-26)12-8-22-9-15-38-16-10-22/h6-7,17-19,22-23H,2-5,8-16,20H2,1H3. The third kappa shape index (κ3) is 4.53. The van der Waals surface area contributed by atoms with Crippen LogP contribution in [-0.4, -0.2) is 56.4 Å². The topological polar surface area (TPSA) is 68.4 Å². The summed E-state index contributed by atoms with van der Waals surface area (Å²) < 4.78 is 10.0. The van der Waals surface area contributed by atoms with Crippen LogP contribution in [0.25, 0.3) is 11.1 Å². The Morgan fingerprint density at radius 2 is 1.95 bits per heavy atom. The molecule has 2 fully saturated rings. The first-order valence-electron chi connectivity index (χ1n) is 14.5. The molecule has 1 aromatic carbocycles. The Morgan fingerprint density at radius 3 is 2.76 bits per heavy atom. The molecular formula is C30H38N6O2. The number of aromatic nitrogens is 4. The predicted molar refractivity (Wildman–Crippen MR) is 146 cm³/mol. The Kier molecular flexibility index (Phi) is 6.22. The van der Waals surface area contributed by atoms with Crippen molar-refractivity contribution in [1.82, 2.24) is 24.2 Å².